The number of piperidine rings is 1. The predicted octanol–water partition coefficient (Wildman–Crippen LogP) is 10.9. The van der Waals surface area contributed by atoms with Crippen LogP contribution in [0, 0.1) is 12.3 Å². The van der Waals surface area contributed by atoms with Crippen molar-refractivity contribution in [2.75, 3.05) is 44.2 Å². The lowest BCUT2D eigenvalue weighted by molar-refractivity contribution is -0.119. The van der Waals surface area contributed by atoms with Gasteiger partial charge in [0.05, 0.1) is 6.10 Å². The number of carbonyl (C=O) groups excluding carboxylic acids is 1. The van der Waals surface area contributed by atoms with Crippen LogP contribution in [-0.2, 0) is 9.53 Å². The topological polar surface area (TPSA) is 36.0 Å². The molecule has 1 aliphatic carbocycles. The van der Waals surface area contributed by atoms with Crippen molar-refractivity contribution in [2.45, 2.75) is 118 Å². The standard InChI is InChI=1S/C46H69N3O2/c1-9-13-15-17-21-42(12-4)37-48(36-41(11-3)20-14-10-2)35-31-46(28-18-16-19-29-46)30-34-47-32-26-44(27-33-47)49(43-24-22-39(7)23-25-43)45(50)40(8)51-38(5)6/h10-15,17,20-25,38,44H,2,8-9,16,18-19,26-37H2,1,3-7H3/b15-13+,20-14-,21-17-,41-11+,42-12+. The lowest BCUT2D eigenvalue weighted by Gasteiger charge is -2.42. The third kappa shape index (κ3) is 14.3. The van der Waals surface area contributed by atoms with E-state index in [1.165, 1.54) is 61.7 Å². The highest BCUT2D eigenvalue weighted by Crippen LogP contribution is 2.43. The zero-order valence-electron chi connectivity index (χ0n) is 33.0. The van der Waals surface area contributed by atoms with Crippen molar-refractivity contribution in [1.82, 2.24) is 9.80 Å². The molecule has 5 heteroatoms. The van der Waals surface area contributed by atoms with Gasteiger partial charge in [0.15, 0.2) is 5.76 Å². The molecule has 1 aromatic rings. The zero-order valence-corrected chi connectivity index (χ0v) is 33.0. The highest BCUT2D eigenvalue weighted by molar-refractivity contribution is 6.04. The third-order valence-electron chi connectivity index (χ3n) is 10.7. The number of allylic oxidation sites excluding steroid dienone is 7. The first-order valence-corrected chi connectivity index (χ1v) is 19.8. The fraction of sp³-hybridized carbons (Fsp3) is 0.543. The van der Waals surface area contributed by atoms with Crippen LogP contribution in [0.5, 0.6) is 0 Å². The van der Waals surface area contributed by atoms with E-state index in [2.05, 4.69) is 124 Å². The average molecular weight is 696 g/mol. The number of benzene rings is 1. The van der Waals surface area contributed by atoms with E-state index in [-0.39, 0.29) is 23.8 Å². The number of ether oxygens (including phenoxy) is 1. The van der Waals surface area contributed by atoms with Crippen molar-refractivity contribution in [3.63, 3.8) is 0 Å². The van der Waals surface area contributed by atoms with E-state index in [0.717, 1.165) is 64.2 Å². The van der Waals surface area contributed by atoms with Crippen LogP contribution >= 0.6 is 0 Å². The first-order valence-electron chi connectivity index (χ1n) is 19.8. The quantitative estimate of drug-likeness (QED) is 0.0773. The number of hydrogen-bond donors (Lipinski definition) is 0. The Balaban J connectivity index is 1.69. The van der Waals surface area contributed by atoms with Gasteiger partial charge in [-0.25, -0.2) is 0 Å². The van der Waals surface area contributed by atoms with E-state index in [1.807, 2.05) is 24.8 Å². The SMILES string of the molecule is C=C/C=C\C(=C/C)CN(CCC1(CCN2CCC(N(C(=O)C(=C)OC(C)C)c3ccc(C)cc3)CC2)CCCCC1)CC(/C=C\C=C\CC)=C/C. The summed E-state index contributed by atoms with van der Waals surface area (Å²) in [6.45, 7) is 26.5. The van der Waals surface area contributed by atoms with Crippen molar-refractivity contribution >= 4 is 11.6 Å². The van der Waals surface area contributed by atoms with Gasteiger partial charge < -0.3 is 14.5 Å². The maximum Gasteiger partial charge on any atom is 0.292 e. The number of rotatable bonds is 20. The van der Waals surface area contributed by atoms with Crippen LogP contribution in [-0.4, -0.2) is 67.1 Å². The minimum Gasteiger partial charge on any atom is -0.486 e. The molecule has 3 rings (SSSR count). The van der Waals surface area contributed by atoms with Crippen LogP contribution in [0.2, 0.25) is 0 Å². The lowest BCUT2D eigenvalue weighted by Crippen LogP contribution is -2.49. The van der Waals surface area contributed by atoms with Gasteiger partial charge in [0.25, 0.3) is 5.91 Å². The van der Waals surface area contributed by atoms with E-state index in [4.69, 9.17) is 4.74 Å². The second-order valence-electron chi connectivity index (χ2n) is 15.0. The number of likely N-dealkylation sites (tertiary alicyclic amines) is 1. The molecule has 51 heavy (non-hydrogen) atoms. The lowest BCUT2D eigenvalue weighted by atomic mass is 9.69. The number of hydrogen-bond acceptors (Lipinski definition) is 4. The summed E-state index contributed by atoms with van der Waals surface area (Å²) in [6, 6.07) is 8.42. The number of aryl methyl sites for hydroxylation is 1. The average Bonchev–Trinajstić information content (AvgIpc) is 3.14. The van der Waals surface area contributed by atoms with Crippen molar-refractivity contribution < 1.29 is 9.53 Å². The van der Waals surface area contributed by atoms with E-state index < -0.39 is 0 Å². The number of carbonyl (C=O) groups is 1. The Morgan fingerprint density at radius 1 is 0.961 bits per heavy atom. The van der Waals surface area contributed by atoms with E-state index >= 15 is 0 Å². The Morgan fingerprint density at radius 3 is 2.16 bits per heavy atom. The Morgan fingerprint density at radius 2 is 1.59 bits per heavy atom. The van der Waals surface area contributed by atoms with Gasteiger partial charge >= 0.3 is 0 Å². The summed E-state index contributed by atoms with van der Waals surface area (Å²) < 4.78 is 5.79. The third-order valence-corrected chi connectivity index (χ3v) is 10.7. The summed E-state index contributed by atoms with van der Waals surface area (Å²) in [6.07, 6.45) is 31.5. The molecule has 1 saturated heterocycles. The molecule has 0 unspecified atom stereocenters. The van der Waals surface area contributed by atoms with Gasteiger partial charge in [-0.15, -0.1) is 0 Å². The second-order valence-corrected chi connectivity index (χ2v) is 15.0. The molecule has 2 fully saturated rings. The van der Waals surface area contributed by atoms with Crippen LogP contribution in [0.15, 0.2) is 109 Å². The van der Waals surface area contributed by atoms with Gasteiger partial charge in [-0.2, -0.15) is 0 Å². The Labute approximate surface area is 312 Å². The van der Waals surface area contributed by atoms with E-state index in [1.54, 1.807) is 0 Å². The normalized spacial score (nSPS) is 18.0. The molecule has 5 nitrogen and oxygen atoms in total. The molecule has 1 heterocycles. The van der Waals surface area contributed by atoms with E-state index in [9.17, 15) is 4.79 Å². The summed E-state index contributed by atoms with van der Waals surface area (Å²) in [4.78, 5) is 21.0. The van der Waals surface area contributed by atoms with Crippen LogP contribution < -0.4 is 4.90 Å². The first-order chi connectivity index (χ1) is 24.6. The molecule has 0 spiro atoms. The highest BCUT2D eigenvalue weighted by Gasteiger charge is 2.35. The molecular formula is C46H69N3O2. The highest BCUT2D eigenvalue weighted by atomic mass is 16.5. The van der Waals surface area contributed by atoms with Gasteiger partial charge in [-0.05, 0) is 121 Å². The molecular weight excluding hydrogens is 627 g/mol. The minimum atomic E-state index is -0.119. The van der Waals surface area contributed by atoms with Gasteiger partial charge in [-0.1, -0.05) is 112 Å². The maximum atomic E-state index is 13.7. The van der Waals surface area contributed by atoms with Crippen molar-refractivity contribution in [2.24, 2.45) is 5.41 Å². The van der Waals surface area contributed by atoms with Crippen molar-refractivity contribution in [1.29, 1.82) is 0 Å². The summed E-state index contributed by atoms with van der Waals surface area (Å²) in [5, 5.41) is 0. The molecule has 1 saturated carbocycles. The molecule has 1 aliphatic heterocycles. The van der Waals surface area contributed by atoms with Gasteiger partial charge in [0, 0.05) is 37.9 Å². The summed E-state index contributed by atoms with van der Waals surface area (Å²) >= 11 is 0. The van der Waals surface area contributed by atoms with Crippen LogP contribution in [0.4, 0.5) is 5.69 Å². The first kappa shape index (κ1) is 42.0. The number of anilines is 1. The molecule has 1 aromatic carbocycles. The predicted molar refractivity (Wildman–Crippen MR) is 220 cm³/mol. The minimum absolute atomic E-state index is 0.0865. The van der Waals surface area contributed by atoms with E-state index in [0.29, 0.717) is 5.41 Å². The molecule has 280 valence electrons. The van der Waals surface area contributed by atoms with Crippen LogP contribution in [0.3, 0.4) is 0 Å². The largest absolute Gasteiger partial charge is 0.486 e. The van der Waals surface area contributed by atoms with Crippen LogP contribution in [0.1, 0.15) is 104 Å². The molecule has 0 N–H and O–H groups in total. The Bertz CT molecular complexity index is 1370. The summed E-state index contributed by atoms with van der Waals surface area (Å²) in [5.41, 5.74) is 5.18. The maximum absolute atomic E-state index is 13.7. The summed E-state index contributed by atoms with van der Waals surface area (Å²) in [5.74, 6) is 0.109. The monoisotopic (exact) mass is 696 g/mol. The molecule has 0 bridgehead atoms. The molecule has 0 aromatic heterocycles. The Kier molecular flexibility index (Phi) is 18.5. The smallest absolute Gasteiger partial charge is 0.292 e. The number of amides is 1. The molecule has 0 radical (unpaired) electrons. The van der Waals surface area contributed by atoms with Crippen molar-refractivity contribution in [3.8, 4) is 0 Å². The van der Waals surface area contributed by atoms with Crippen LogP contribution in [0.25, 0.3) is 0 Å². The summed E-state index contributed by atoms with van der Waals surface area (Å²) in [7, 11) is 0. The Hall–Kier alpha value is -3.41. The van der Waals surface area contributed by atoms with Gasteiger partial charge in [0.2, 0.25) is 0 Å². The fourth-order valence-electron chi connectivity index (χ4n) is 7.58. The fourth-order valence-corrected chi connectivity index (χ4v) is 7.58. The molecule has 0 atom stereocenters. The molecule has 1 amide bonds. The number of nitrogens with zero attached hydrogens (tertiary/aromatic N) is 3. The van der Waals surface area contributed by atoms with Crippen molar-refractivity contribution in [3.05, 3.63) is 115 Å². The zero-order chi connectivity index (χ0) is 37.1. The molecule has 2 aliphatic rings. The van der Waals surface area contributed by atoms with Gasteiger partial charge in [0.1, 0.15) is 0 Å². The van der Waals surface area contributed by atoms with Gasteiger partial charge in [-0.3, -0.25) is 9.69 Å². The second kappa shape index (κ2) is 22.5.